The topological polar surface area (TPSA) is 80.5 Å². The summed E-state index contributed by atoms with van der Waals surface area (Å²) in [5, 5.41) is 12.2. The van der Waals surface area contributed by atoms with Crippen LogP contribution in [0.1, 0.15) is 47.8 Å². The number of carbonyl (C=O) groups is 2. The maximum Gasteiger partial charge on any atom is 0.271 e. The van der Waals surface area contributed by atoms with Crippen molar-refractivity contribution >= 4 is 46.3 Å². The van der Waals surface area contributed by atoms with E-state index in [0.29, 0.717) is 51.0 Å². The van der Waals surface area contributed by atoms with Crippen molar-refractivity contribution in [1.82, 2.24) is 0 Å². The first-order valence-electron chi connectivity index (χ1n) is 11.6. The van der Waals surface area contributed by atoms with Crippen LogP contribution in [-0.4, -0.2) is 16.6 Å². The monoisotopic (exact) mass is 520 g/mol. The number of nitro benzene ring substituents is 1. The number of halogens is 2. The van der Waals surface area contributed by atoms with E-state index in [0.717, 1.165) is 5.56 Å². The Morgan fingerprint density at radius 3 is 2.42 bits per heavy atom. The number of amides is 1. The van der Waals surface area contributed by atoms with Gasteiger partial charge in [-0.1, -0.05) is 71.7 Å². The smallest absolute Gasteiger partial charge is 0.271 e. The number of carbonyl (C=O) groups excluding carboxylic acids is 2. The number of non-ortho nitro benzene ring substituents is 1. The fraction of sp³-hybridized carbons (Fsp3) is 0.214. The van der Waals surface area contributed by atoms with Gasteiger partial charge in [0.2, 0.25) is 5.91 Å². The van der Waals surface area contributed by atoms with Crippen molar-refractivity contribution in [3.05, 3.63) is 115 Å². The molecule has 0 N–H and O–H groups in total. The van der Waals surface area contributed by atoms with E-state index in [1.807, 2.05) is 30.3 Å². The number of ketones is 1. The normalized spacial score (nSPS) is 19.9. The molecule has 8 heteroatoms. The molecular weight excluding hydrogens is 499 g/mol. The highest BCUT2D eigenvalue weighted by Gasteiger charge is 2.43. The van der Waals surface area contributed by atoms with Crippen molar-refractivity contribution in [3.63, 3.8) is 0 Å². The molecule has 1 heterocycles. The number of Topliss-reactive ketones (excluding diaryl/α,β-unsaturated/α-hetero) is 1. The van der Waals surface area contributed by atoms with Crippen LogP contribution in [0.2, 0.25) is 10.0 Å². The van der Waals surface area contributed by atoms with Gasteiger partial charge in [0.25, 0.3) is 5.69 Å². The first-order chi connectivity index (χ1) is 17.3. The van der Waals surface area contributed by atoms with Crippen molar-refractivity contribution in [1.29, 1.82) is 0 Å². The SMILES string of the molecule is Cc1ccc([N+](=O)[O-])cc1N1C(=O)CC(c2cccc(Cl)c2Cl)C2=C1CC(c1ccccc1)CC2=O. The zero-order valence-electron chi connectivity index (χ0n) is 19.4. The van der Waals surface area contributed by atoms with Gasteiger partial charge in [-0.2, -0.15) is 0 Å². The molecule has 1 aliphatic heterocycles. The third-order valence-electron chi connectivity index (χ3n) is 7.00. The van der Waals surface area contributed by atoms with Gasteiger partial charge in [0.05, 0.1) is 20.7 Å². The second kappa shape index (κ2) is 9.52. The van der Waals surface area contributed by atoms with Crippen LogP contribution in [0.5, 0.6) is 0 Å². The van der Waals surface area contributed by atoms with Gasteiger partial charge in [0, 0.05) is 42.2 Å². The molecule has 5 rings (SSSR count). The third kappa shape index (κ3) is 4.21. The molecule has 1 aliphatic carbocycles. The second-order valence-corrected chi connectivity index (χ2v) is 9.94. The van der Waals surface area contributed by atoms with Gasteiger partial charge in [-0.25, -0.2) is 0 Å². The van der Waals surface area contributed by atoms with E-state index >= 15 is 0 Å². The van der Waals surface area contributed by atoms with E-state index in [9.17, 15) is 19.7 Å². The maximum absolute atomic E-state index is 13.8. The van der Waals surface area contributed by atoms with Crippen LogP contribution in [0, 0.1) is 17.0 Å². The van der Waals surface area contributed by atoms with Crippen molar-refractivity contribution in [2.45, 2.75) is 38.0 Å². The molecule has 0 saturated carbocycles. The van der Waals surface area contributed by atoms with Gasteiger partial charge >= 0.3 is 0 Å². The third-order valence-corrected chi connectivity index (χ3v) is 7.84. The van der Waals surface area contributed by atoms with Crippen LogP contribution in [-0.2, 0) is 9.59 Å². The van der Waals surface area contributed by atoms with Gasteiger partial charge in [0.1, 0.15) is 0 Å². The number of anilines is 1. The molecule has 0 bridgehead atoms. The Morgan fingerprint density at radius 2 is 1.69 bits per heavy atom. The predicted molar refractivity (Wildman–Crippen MR) is 140 cm³/mol. The van der Waals surface area contributed by atoms with E-state index in [4.69, 9.17) is 23.2 Å². The van der Waals surface area contributed by atoms with Crippen LogP contribution in [0.3, 0.4) is 0 Å². The molecule has 182 valence electrons. The molecular formula is C28H22Cl2N2O4. The van der Waals surface area contributed by atoms with Crippen LogP contribution >= 0.6 is 23.2 Å². The highest BCUT2D eigenvalue weighted by Crippen LogP contribution is 2.49. The lowest BCUT2D eigenvalue weighted by Crippen LogP contribution is -2.42. The fourth-order valence-electron chi connectivity index (χ4n) is 5.28. The van der Waals surface area contributed by atoms with E-state index in [2.05, 4.69) is 0 Å². The Morgan fingerprint density at radius 1 is 0.944 bits per heavy atom. The Labute approximate surface area is 218 Å². The molecule has 0 aromatic heterocycles. The van der Waals surface area contributed by atoms with Gasteiger partial charge in [0.15, 0.2) is 5.78 Å². The minimum absolute atomic E-state index is 0.00275. The first-order valence-corrected chi connectivity index (χ1v) is 12.3. The molecule has 3 aromatic rings. The molecule has 0 spiro atoms. The minimum atomic E-state index is -0.543. The lowest BCUT2D eigenvalue weighted by Gasteiger charge is -2.41. The van der Waals surface area contributed by atoms with Crippen molar-refractivity contribution in [3.8, 4) is 0 Å². The molecule has 2 unspecified atom stereocenters. The average Bonchev–Trinajstić information content (AvgIpc) is 2.86. The van der Waals surface area contributed by atoms with Gasteiger partial charge in [-0.15, -0.1) is 0 Å². The fourth-order valence-corrected chi connectivity index (χ4v) is 5.72. The molecule has 0 radical (unpaired) electrons. The van der Waals surface area contributed by atoms with E-state index in [1.54, 1.807) is 31.2 Å². The number of hydrogen-bond donors (Lipinski definition) is 0. The number of hydrogen-bond acceptors (Lipinski definition) is 4. The number of rotatable bonds is 4. The van der Waals surface area contributed by atoms with Gasteiger partial charge < -0.3 is 0 Å². The number of nitrogens with zero attached hydrogens (tertiary/aromatic N) is 2. The molecule has 2 aliphatic rings. The summed E-state index contributed by atoms with van der Waals surface area (Å²) in [5.41, 5.74) is 3.73. The Kier molecular flexibility index (Phi) is 6.41. The average molecular weight is 521 g/mol. The summed E-state index contributed by atoms with van der Waals surface area (Å²) >= 11 is 12.8. The standard InChI is InChI=1S/C28H22Cl2N2O4/c1-16-10-11-19(32(35)36)14-23(16)31-24-12-18(17-6-3-2-4-7-17)13-25(33)27(24)21(15-26(31)34)20-8-5-9-22(29)28(20)30/h2-11,14,18,21H,12-13,15H2,1H3. The highest BCUT2D eigenvalue weighted by atomic mass is 35.5. The van der Waals surface area contributed by atoms with E-state index in [1.165, 1.54) is 17.0 Å². The van der Waals surface area contributed by atoms with Crippen LogP contribution in [0.25, 0.3) is 0 Å². The van der Waals surface area contributed by atoms with Crippen molar-refractivity contribution in [2.24, 2.45) is 0 Å². The Balaban J connectivity index is 1.72. The number of benzene rings is 3. The Hall–Kier alpha value is -3.48. The summed E-state index contributed by atoms with van der Waals surface area (Å²) in [6, 6.07) is 19.4. The lowest BCUT2D eigenvalue weighted by molar-refractivity contribution is -0.384. The van der Waals surface area contributed by atoms with Crippen molar-refractivity contribution in [2.75, 3.05) is 4.90 Å². The minimum Gasteiger partial charge on any atom is -0.294 e. The first kappa shape index (κ1) is 24.2. The highest BCUT2D eigenvalue weighted by molar-refractivity contribution is 6.42. The summed E-state index contributed by atoms with van der Waals surface area (Å²) < 4.78 is 0. The second-order valence-electron chi connectivity index (χ2n) is 9.16. The number of aryl methyl sites for hydroxylation is 1. The molecule has 36 heavy (non-hydrogen) atoms. The van der Waals surface area contributed by atoms with Gasteiger partial charge in [-0.3, -0.25) is 24.6 Å². The molecule has 0 saturated heterocycles. The summed E-state index contributed by atoms with van der Waals surface area (Å²) in [5.74, 6) is -0.981. The van der Waals surface area contributed by atoms with E-state index in [-0.39, 0.29) is 29.7 Å². The largest absolute Gasteiger partial charge is 0.294 e. The van der Waals surface area contributed by atoms with E-state index < -0.39 is 10.8 Å². The zero-order valence-corrected chi connectivity index (χ0v) is 20.9. The summed E-state index contributed by atoms with van der Waals surface area (Å²) in [7, 11) is 0. The lowest BCUT2D eigenvalue weighted by atomic mass is 9.72. The summed E-state index contributed by atoms with van der Waals surface area (Å²) in [6.07, 6.45) is 0.740. The number of allylic oxidation sites excluding steroid dienone is 2. The van der Waals surface area contributed by atoms with Gasteiger partial charge in [-0.05, 0) is 42.0 Å². The molecule has 6 nitrogen and oxygen atoms in total. The molecule has 1 amide bonds. The van der Waals surface area contributed by atoms with Crippen LogP contribution in [0.15, 0.2) is 78.0 Å². The molecule has 3 aromatic carbocycles. The zero-order chi connectivity index (χ0) is 25.6. The van der Waals surface area contributed by atoms with Crippen LogP contribution < -0.4 is 4.90 Å². The maximum atomic E-state index is 13.8. The summed E-state index contributed by atoms with van der Waals surface area (Å²) in [4.78, 5) is 40.0. The Bertz CT molecular complexity index is 1430. The molecule has 0 fully saturated rings. The van der Waals surface area contributed by atoms with Crippen LogP contribution in [0.4, 0.5) is 11.4 Å². The van der Waals surface area contributed by atoms with Crippen molar-refractivity contribution < 1.29 is 14.5 Å². The predicted octanol–water partition coefficient (Wildman–Crippen LogP) is 7.13. The number of nitro groups is 1. The summed E-state index contributed by atoms with van der Waals surface area (Å²) in [6.45, 7) is 1.80. The molecule has 2 atom stereocenters. The quantitative estimate of drug-likeness (QED) is 0.270.